The molecular formula is C20H29N3O3. The summed E-state index contributed by atoms with van der Waals surface area (Å²) in [6.07, 6.45) is 1.39. The monoisotopic (exact) mass is 359 g/mol. The van der Waals surface area contributed by atoms with Crippen molar-refractivity contribution in [2.24, 2.45) is 5.92 Å². The van der Waals surface area contributed by atoms with Gasteiger partial charge in [-0.15, -0.1) is 0 Å². The fourth-order valence-corrected chi connectivity index (χ4v) is 3.91. The van der Waals surface area contributed by atoms with Crippen molar-refractivity contribution in [3.8, 4) is 0 Å². The van der Waals surface area contributed by atoms with Gasteiger partial charge in [-0.3, -0.25) is 14.5 Å². The van der Waals surface area contributed by atoms with Crippen LogP contribution in [0.5, 0.6) is 0 Å². The summed E-state index contributed by atoms with van der Waals surface area (Å²) in [5.74, 6) is 0.481. The molecule has 1 N–H and O–H groups in total. The van der Waals surface area contributed by atoms with Gasteiger partial charge in [0.15, 0.2) is 0 Å². The molecule has 0 aromatic heterocycles. The van der Waals surface area contributed by atoms with Crippen molar-refractivity contribution in [2.45, 2.75) is 25.9 Å². The van der Waals surface area contributed by atoms with Crippen LogP contribution in [0.25, 0.3) is 0 Å². The Labute approximate surface area is 155 Å². The molecule has 2 aliphatic heterocycles. The molecule has 2 fully saturated rings. The van der Waals surface area contributed by atoms with E-state index in [4.69, 9.17) is 0 Å². The normalized spacial score (nSPS) is 20.8. The van der Waals surface area contributed by atoms with E-state index in [-0.39, 0.29) is 17.7 Å². The topological polar surface area (TPSA) is 64.1 Å². The minimum absolute atomic E-state index is 0.0798. The average Bonchev–Trinajstić information content (AvgIpc) is 2.68. The van der Waals surface area contributed by atoms with Crippen LogP contribution in [0.1, 0.15) is 31.4 Å². The van der Waals surface area contributed by atoms with Gasteiger partial charge >= 0.3 is 0 Å². The summed E-state index contributed by atoms with van der Waals surface area (Å²) >= 11 is 0. The molecule has 3 rings (SSSR count). The Morgan fingerprint density at radius 2 is 1.58 bits per heavy atom. The summed E-state index contributed by atoms with van der Waals surface area (Å²) in [7, 11) is 0. The summed E-state index contributed by atoms with van der Waals surface area (Å²) in [5.41, 5.74) is 0.977. The minimum atomic E-state index is -0.422. The van der Waals surface area contributed by atoms with E-state index in [9.17, 15) is 14.7 Å². The van der Waals surface area contributed by atoms with Gasteiger partial charge in [-0.1, -0.05) is 30.3 Å². The van der Waals surface area contributed by atoms with E-state index in [1.54, 1.807) is 11.8 Å². The number of benzene rings is 1. The van der Waals surface area contributed by atoms with Gasteiger partial charge in [-0.2, -0.15) is 0 Å². The molecule has 2 aliphatic rings. The van der Waals surface area contributed by atoms with Crippen molar-refractivity contribution in [1.29, 1.82) is 0 Å². The molecule has 1 aromatic rings. The van der Waals surface area contributed by atoms with Crippen molar-refractivity contribution in [3.05, 3.63) is 35.9 Å². The lowest BCUT2D eigenvalue weighted by molar-refractivity contribution is -0.139. The van der Waals surface area contributed by atoms with Gasteiger partial charge < -0.3 is 14.9 Å². The number of likely N-dealkylation sites (tertiary alicyclic amines) is 1. The first kappa shape index (κ1) is 18.9. The quantitative estimate of drug-likeness (QED) is 0.875. The van der Waals surface area contributed by atoms with Gasteiger partial charge in [-0.05, 0) is 37.4 Å². The number of piperazine rings is 1. The molecule has 0 aliphatic carbocycles. The Balaban J connectivity index is 1.43. The Morgan fingerprint density at radius 3 is 2.15 bits per heavy atom. The molecule has 6 nitrogen and oxygen atoms in total. The van der Waals surface area contributed by atoms with E-state index in [1.165, 1.54) is 0 Å². The van der Waals surface area contributed by atoms with Crippen LogP contribution in [0.2, 0.25) is 0 Å². The SMILES string of the molecule is CC(=O)N1CCN(C(=O)CN2CCC(C(O)c3ccccc3)CC2)CC1. The van der Waals surface area contributed by atoms with E-state index < -0.39 is 6.10 Å². The van der Waals surface area contributed by atoms with Gasteiger partial charge in [0, 0.05) is 33.1 Å². The zero-order valence-electron chi connectivity index (χ0n) is 15.5. The average molecular weight is 359 g/mol. The van der Waals surface area contributed by atoms with Gasteiger partial charge in [0.05, 0.1) is 12.6 Å². The molecule has 6 heteroatoms. The molecule has 26 heavy (non-hydrogen) atoms. The van der Waals surface area contributed by atoms with E-state index in [1.807, 2.05) is 35.2 Å². The highest BCUT2D eigenvalue weighted by Crippen LogP contribution is 2.30. The first-order valence-electron chi connectivity index (χ1n) is 9.53. The smallest absolute Gasteiger partial charge is 0.236 e. The standard InChI is InChI=1S/C20H29N3O3/c1-16(24)22-11-13-23(14-12-22)19(25)15-21-9-7-18(8-10-21)20(26)17-5-3-2-4-6-17/h2-6,18,20,26H,7-15H2,1H3. The second kappa shape index (κ2) is 8.64. The van der Waals surface area contributed by atoms with Gasteiger partial charge in [0.2, 0.25) is 11.8 Å². The number of aliphatic hydroxyl groups excluding tert-OH is 1. The van der Waals surface area contributed by atoms with Crippen LogP contribution in [0.15, 0.2) is 30.3 Å². The zero-order valence-corrected chi connectivity index (χ0v) is 15.5. The van der Waals surface area contributed by atoms with Crippen LogP contribution in [-0.4, -0.2) is 77.4 Å². The Hall–Kier alpha value is -1.92. The minimum Gasteiger partial charge on any atom is -0.388 e. The first-order valence-corrected chi connectivity index (χ1v) is 9.53. The lowest BCUT2D eigenvalue weighted by atomic mass is 9.87. The number of nitrogens with zero attached hydrogens (tertiary/aromatic N) is 3. The van der Waals surface area contributed by atoms with E-state index in [0.717, 1.165) is 31.5 Å². The molecule has 2 saturated heterocycles. The van der Waals surface area contributed by atoms with Crippen LogP contribution in [-0.2, 0) is 9.59 Å². The summed E-state index contributed by atoms with van der Waals surface area (Å²) in [4.78, 5) is 29.7. The van der Waals surface area contributed by atoms with E-state index in [2.05, 4.69) is 4.90 Å². The highest BCUT2D eigenvalue weighted by molar-refractivity contribution is 5.79. The van der Waals surface area contributed by atoms with E-state index in [0.29, 0.717) is 32.7 Å². The molecular weight excluding hydrogens is 330 g/mol. The second-order valence-corrected chi connectivity index (χ2v) is 7.36. The number of carbonyl (C=O) groups is 2. The second-order valence-electron chi connectivity index (χ2n) is 7.36. The fraction of sp³-hybridized carbons (Fsp3) is 0.600. The Morgan fingerprint density at radius 1 is 1.00 bits per heavy atom. The molecule has 0 bridgehead atoms. The number of rotatable bonds is 4. The highest BCUT2D eigenvalue weighted by atomic mass is 16.3. The third-order valence-electron chi connectivity index (χ3n) is 5.66. The Bertz CT molecular complexity index is 606. The molecule has 1 atom stereocenters. The van der Waals surface area contributed by atoms with Crippen molar-refractivity contribution >= 4 is 11.8 Å². The summed E-state index contributed by atoms with van der Waals surface area (Å²) in [6, 6.07) is 9.82. The van der Waals surface area contributed by atoms with Crippen LogP contribution >= 0.6 is 0 Å². The van der Waals surface area contributed by atoms with Crippen molar-refractivity contribution in [3.63, 3.8) is 0 Å². The van der Waals surface area contributed by atoms with Crippen molar-refractivity contribution in [2.75, 3.05) is 45.8 Å². The fourth-order valence-electron chi connectivity index (χ4n) is 3.91. The van der Waals surface area contributed by atoms with Crippen LogP contribution in [0, 0.1) is 5.92 Å². The van der Waals surface area contributed by atoms with E-state index >= 15 is 0 Å². The van der Waals surface area contributed by atoms with Crippen molar-refractivity contribution in [1.82, 2.24) is 14.7 Å². The largest absolute Gasteiger partial charge is 0.388 e. The third-order valence-corrected chi connectivity index (χ3v) is 5.66. The molecule has 0 spiro atoms. The first-order chi connectivity index (χ1) is 12.5. The third kappa shape index (κ3) is 4.62. The van der Waals surface area contributed by atoms with Crippen LogP contribution in [0.4, 0.5) is 0 Å². The van der Waals surface area contributed by atoms with Gasteiger partial charge in [0.25, 0.3) is 0 Å². The maximum atomic E-state index is 12.5. The molecule has 2 amide bonds. The lowest BCUT2D eigenvalue weighted by Gasteiger charge is -2.37. The number of amides is 2. The predicted molar refractivity (Wildman–Crippen MR) is 99.4 cm³/mol. The number of piperidine rings is 1. The summed E-state index contributed by atoms with van der Waals surface area (Å²) in [5, 5.41) is 10.6. The van der Waals surface area contributed by atoms with Crippen molar-refractivity contribution < 1.29 is 14.7 Å². The lowest BCUT2D eigenvalue weighted by Crippen LogP contribution is -2.52. The highest BCUT2D eigenvalue weighted by Gasteiger charge is 2.29. The van der Waals surface area contributed by atoms with Crippen LogP contribution < -0.4 is 0 Å². The molecule has 1 aromatic carbocycles. The predicted octanol–water partition coefficient (Wildman–Crippen LogP) is 1.12. The molecule has 0 radical (unpaired) electrons. The molecule has 1 unspecified atom stereocenters. The van der Waals surface area contributed by atoms with Gasteiger partial charge in [0.1, 0.15) is 0 Å². The Kier molecular flexibility index (Phi) is 6.27. The molecule has 0 saturated carbocycles. The maximum absolute atomic E-state index is 12.5. The molecule has 2 heterocycles. The zero-order chi connectivity index (χ0) is 18.5. The number of carbonyl (C=O) groups excluding carboxylic acids is 2. The number of aliphatic hydroxyl groups is 1. The summed E-state index contributed by atoms with van der Waals surface area (Å²) < 4.78 is 0. The van der Waals surface area contributed by atoms with Crippen LogP contribution in [0.3, 0.4) is 0 Å². The maximum Gasteiger partial charge on any atom is 0.236 e. The molecule has 142 valence electrons. The van der Waals surface area contributed by atoms with Gasteiger partial charge in [-0.25, -0.2) is 0 Å². The summed E-state index contributed by atoms with van der Waals surface area (Å²) in [6.45, 7) is 6.21. The number of hydrogen-bond acceptors (Lipinski definition) is 4. The number of hydrogen-bond donors (Lipinski definition) is 1.